The molecule has 0 saturated heterocycles. The molecule has 11 heavy (non-hydrogen) atoms. The third kappa shape index (κ3) is 2.92. The van der Waals surface area contributed by atoms with Crippen molar-refractivity contribution >= 4 is 7.85 Å². The molecule has 0 heterocycles. The summed E-state index contributed by atoms with van der Waals surface area (Å²) in [6, 6.07) is 0. The first-order valence-corrected chi connectivity index (χ1v) is 4.34. The van der Waals surface area contributed by atoms with E-state index in [2.05, 4.69) is 7.85 Å². The number of hydrogen-bond donors (Lipinski definition) is 0. The standard InChI is InChI=1S/C9H14BF/c10-6-2-4-8-3-1-5-9(11)7-8/h1,3,7,9H,2,4-6,10H2/t9-/m0/s1. The van der Waals surface area contributed by atoms with E-state index >= 15 is 0 Å². The van der Waals surface area contributed by atoms with Gasteiger partial charge in [0.05, 0.1) is 0 Å². The van der Waals surface area contributed by atoms with Crippen LogP contribution >= 0.6 is 0 Å². The molecule has 0 fully saturated rings. The summed E-state index contributed by atoms with van der Waals surface area (Å²) in [4.78, 5) is 0. The second-order valence-corrected chi connectivity index (χ2v) is 3.00. The predicted molar refractivity (Wildman–Crippen MR) is 49.3 cm³/mol. The van der Waals surface area contributed by atoms with Crippen molar-refractivity contribution in [3.63, 3.8) is 0 Å². The van der Waals surface area contributed by atoms with Gasteiger partial charge in [-0.1, -0.05) is 24.9 Å². The summed E-state index contributed by atoms with van der Waals surface area (Å²) < 4.78 is 12.7. The molecule has 0 aromatic carbocycles. The summed E-state index contributed by atoms with van der Waals surface area (Å²) in [5, 5.41) is 0. The predicted octanol–water partition coefficient (Wildman–Crippen LogP) is 2.04. The van der Waals surface area contributed by atoms with Gasteiger partial charge in [-0.2, -0.15) is 0 Å². The zero-order valence-corrected chi connectivity index (χ0v) is 7.02. The lowest BCUT2D eigenvalue weighted by Crippen LogP contribution is -1.99. The Morgan fingerprint density at radius 1 is 1.64 bits per heavy atom. The highest BCUT2D eigenvalue weighted by Crippen LogP contribution is 2.17. The van der Waals surface area contributed by atoms with Crippen molar-refractivity contribution in [1.82, 2.24) is 0 Å². The van der Waals surface area contributed by atoms with Gasteiger partial charge in [-0.15, -0.1) is 0 Å². The van der Waals surface area contributed by atoms with Crippen molar-refractivity contribution in [2.75, 3.05) is 0 Å². The fourth-order valence-corrected chi connectivity index (χ4v) is 1.25. The molecule has 0 N–H and O–H groups in total. The van der Waals surface area contributed by atoms with Crippen LogP contribution in [0.15, 0.2) is 23.8 Å². The molecule has 0 amide bonds. The SMILES string of the molecule is BCCCC1=C[C@@H](F)CC=C1. The summed E-state index contributed by atoms with van der Waals surface area (Å²) >= 11 is 0. The van der Waals surface area contributed by atoms with E-state index in [-0.39, 0.29) is 0 Å². The first-order chi connectivity index (χ1) is 5.33. The van der Waals surface area contributed by atoms with E-state index in [1.807, 2.05) is 12.2 Å². The minimum Gasteiger partial charge on any atom is -0.243 e. The van der Waals surface area contributed by atoms with Gasteiger partial charge < -0.3 is 0 Å². The molecule has 1 aliphatic rings. The average Bonchev–Trinajstić information content (AvgIpc) is 2.01. The van der Waals surface area contributed by atoms with E-state index in [0.717, 1.165) is 6.42 Å². The maximum atomic E-state index is 12.7. The van der Waals surface area contributed by atoms with Crippen LogP contribution in [-0.4, -0.2) is 14.0 Å². The third-order valence-corrected chi connectivity index (χ3v) is 1.91. The van der Waals surface area contributed by atoms with Crippen LogP contribution < -0.4 is 0 Å². The minimum absolute atomic E-state index is 0.565. The Labute approximate surface area is 68.6 Å². The Kier molecular flexibility index (Phi) is 3.41. The van der Waals surface area contributed by atoms with Crippen molar-refractivity contribution in [1.29, 1.82) is 0 Å². The highest BCUT2D eigenvalue weighted by molar-refractivity contribution is 6.08. The molecule has 1 rings (SSSR count). The molecule has 2 heteroatoms. The smallest absolute Gasteiger partial charge is 0.122 e. The second kappa shape index (κ2) is 4.37. The van der Waals surface area contributed by atoms with E-state index in [0.29, 0.717) is 6.42 Å². The molecule has 60 valence electrons. The fraction of sp³-hybridized carbons (Fsp3) is 0.556. The Balaban J connectivity index is 2.37. The van der Waals surface area contributed by atoms with Crippen LogP contribution in [0.3, 0.4) is 0 Å². The molecule has 0 aliphatic heterocycles. The van der Waals surface area contributed by atoms with Crippen LogP contribution in [0, 0.1) is 0 Å². The lowest BCUT2D eigenvalue weighted by atomic mass is 9.95. The van der Waals surface area contributed by atoms with Crippen molar-refractivity contribution < 1.29 is 4.39 Å². The quantitative estimate of drug-likeness (QED) is 0.543. The first kappa shape index (κ1) is 8.57. The number of halogens is 1. The van der Waals surface area contributed by atoms with Crippen LogP contribution in [-0.2, 0) is 0 Å². The highest BCUT2D eigenvalue weighted by atomic mass is 19.1. The molecule has 0 bridgehead atoms. The van der Waals surface area contributed by atoms with Crippen molar-refractivity contribution in [3.05, 3.63) is 23.8 Å². The number of alkyl halides is 1. The van der Waals surface area contributed by atoms with Gasteiger partial charge in [-0.3, -0.25) is 0 Å². The van der Waals surface area contributed by atoms with Crippen molar-refractivity contribution in [2.24, 2.45) is 0 Å². The van der Waals surface area contributed by atoms with Crippen LogP contribution in [0.25, 0.3) is 0 Å². The van der Waals surface area contributed by atoms with Gasteiger partial charge in [0.1, 0.15) is 14.0 Å². The van der Waals surface area contributed by atoms with Gasteiger partial charge in [-0.25, -0.2) is 4.39 Å². The summed E-state index contributed by atoms with van der Waals surface area (Å²) in [5.41, 5.74) is 1.17. The maximum Gasteiger partial charge on any atom is 0.122 e. The zero-order valence-electron chi connectivity index (χ0n) is 7.02. The molecule has 0 radical (unpaired) electrons. The van der Waals surface area contributed by atoms with E-state index in [4.69, 9.17) is 0 Å². The largest absolute Gasteiger partial charge is 0.243 e. The highest BCUT2D eigenvalue weighted by Gasteiger charge is 2.05. The molecule has 1 atom stereocenters. The lowest BCUT2D eigenvalue weighted by Gasteiger charge is -2.08. The van der Waals surface area contributed by atoms with Gasteiger partial charge in [-0.05, 0) is 18.1 Å². The monoisotopic (exact) mass is 152 g/mol. The lowest BCUT2D eigenvalue weighted by molar-refractivity contribution is 0.399. The van der Waals surface area contributed by atoms with Crippen molar-refractivity contribution in [2.45, 2.75) is 31.8 Å². The Morgan fingerprint density at radius 2 is 2.45 bits per heavy atom. The van der Waals surface area contributed by atoms with E-state index in [1.165, 1.54) is 18.3 Å². The Hall–Kier alpha value is -0.525. The maximum absolute atomic E-state index is 12.7. The van der Waals surface area contributed by atoms with Crippen LogP contribution in [0.2, 0.25) is 6.32 Å². The summed E-state index contributed by atoms with van der Waals surface area (Å²) in [7, 11) is 2.15. The molecule has 0 nitrogen and oxygen atoms in total. The Morgan fingerprint density at radius 3 is 3.09 bits per heavy atom. The van der Waals surface area contributed by atoms with Gasteiger partial charge in [0.2, 0.25) is 0 Å². The summed E-state index contributed by atoms with van der Waals surface area (Å²) in [6.45, 7) is 0. The molecular weight excluding hydrogens is 138 g/mol. The fourth-order valence-electron chi connectivity index (χ4n) is 1.25. The van der Waals surface area contributed by atoms with E-state index in [9.17, 15) is 4.39 Å². The second-order valence-electron chi connectivity index (χ2n) is 3.00. The third-order valence-electron chi connectivity index (χ3n) is 1.91. The normalized spacial score (nSPS) is 23.4. The van der Waals surface area contributed by atoms with Crippen LogP contribution in [0.1, 0.15) is 19.3 Å². The van der Waals surface area contributed by atoms with Gasteiger partial charge in [0.25, 0.3) is 0 Å². The van der Waals surface area contributed by atoms with Gasteiger partial charge >= 0.3 is 0 Å². The van der Waals surface area contributed by atoms with Gasteiger partial charge in [0.15, 0.2) is 0 Å². The van der Waals surface area contributed by atoms with Crippen LogP contribution in [0.5, 0.6) is 0 Å². The Bertz CT molecular complexity index is 172. The molecule has 0 unspecified atom stereocenters. The zero-order chi connectivity index (χ0) is 8.10. The molecule has 0 saturated carbocycles. The number of hydrogen-bond acceptors (Lipinski definition) is 0. The molecule has 0 spiro atoms. The summed E-state index contributed by atoms with van der Waals surface area (Å²) in [5.74, 6) is 0. The molecule has 1 aliphatic carbocycles. The van der Waals surface area contributed by atoms with Crippen LogP contribution in [0.4, 0.5) is 4.39 Å². The van der Waals surface area contributed by atoms with E-state index < -0.39 is 6.17 Å². The first-order valence-electron chi connectivity index (χ1n) is 4.34. The molecule has 0 aromatic rings. The summed E-state index contributed by atoms with van der Waals surface area (Å²) in [6.07, 6.45) is 8.94. The minimum atomic E-state index is -0.730. The topological polar surface area (TPSA) is 0 Å². The van der Waals surface area contributed by atoms with Crippen molar-refractivity contribution in [3.8, 4) is 0 Å². The molecular formula is C9H14BF. The average molecular weight is 152 g/mol. The molecule has 0 aromatic heterocycles. The van der Waals surface area contributed by atoms with Gasteiger partial charge in [0, 0.05) is 6.42 Å². The number of allylic oxidation sites excluding steroid dienone is 4. The number of rotatable bonds is 3. The van der Waals surface area contributed by atoms with E-state index in [1.54, 1.807) is 6.08 Å².